The Hall–Kier alpha value is -2.68. The third-order valence-corrected chi connectivity index (χ3v) is 7.74. The maximum absolute atomic E-state index is 13.4. The quantitative estimate of drug-likeness (QED) is 0.778. The topological polar surface area (TPSA) is 46.2 Å². The zero-order valence-electron chi connectivity index (χ0n) is 17.0. The Labute approximate surface area is 166 Å². The Bertz CT molecular complexity index is 961. The van der Waals surface area contributed by atoms with Crippen LogP contribution in [0.5, 0.6) is 0 Å². The van der Waals surface area contributed by atoms with E-state index in [2.05, 4.69) is 33.0 Å². The van der Waals surface area contributed by atoms with Gasteiger partial charge in [-0.1, -0.05) is 76.2 Å². The number of fused-ring (bicyclic) bond motifs is 2. The van der Waals surface area contributed by atoms with Gasteiger partial charge in [-0.25, -0.2) is 0 Å². The van der Waals surface area contributed by atoms with Crippen molar-refractivity contribution >= 4 is 17.8 Å². The molecule has 1 N–H and O–H groups in total. The minimum absolute atomic E-state index is 0.0784. The van der Waals surface area contributed by atoms with Crippen molar-refractivity contribution in [2.75, 3.05) is 0 Å². The fourth-order valence-corrected chi connectivity index (χ4v) is 5.27. The molecule has 0 saturated heterocycles. The minimum Gasteiger partial charge on any atom is -0.348 e. The van der Waals surface area contributed by atoms with E-state index in [1.54, 1.807) is 0 Å². The van der Waals surface area contributed by atoms with Crippen molar-refractivity contribution in [1.82, 2.24) is 5.32 Å². The van der Waals surface area contributed by atoms with Crippen LogP contribution < -0.4 is 5.32 Å². The molecule has 3 unspecified atom stereocenters. The average Bonchev–Trinajstić information content (AvgIpc) is 2.91. The summed E-state index contributed by atoms with van der Waals surface area (Å²) in [7, 11) is 0. The van der Waals surface area contributed by atoms with Crippen LogP contribution in [0.2, 0.25) is 0 Å². The fourth-order valence-electron chi connectivity index (χ4n) is 5.27. The van der Waals surface area contributed by atoms with Crippen molar-refractivity contribution in [1.29, 1.82) is 0 Å². The molecule has 2 saturated carbocycles. The summed E-state index contributed by atoms with van der Waals surface area (Å²) >= 11 is 0. The van der Waals surface area contributed by atoms with Gasteiger partial charge in [-0.15, -0.1) is 0 Å². The molecule has 0 aromatic heterocycles. The van der Waals surface area contributed by atoms with Crippen LogP contribution in [0.3, 0.4) is 0 Å². The van der Waals surface area contributed by atoms with Crippen LogP contribution in [0.4, 0.5) is 0 Å². The van der Waals surface area contributed by atoms with Crippen molar-refractivity contribution in [3.63, 3.8) is 0 Å². The maximum Gasteiger partial charge on any atom is 0.251 e. The normalized spacial score (nSPS) is 31.9. The summed E-state index contributed by atoms with van der Waals surface area (Å²) in [6, 6.07) is 19.2. The lowest BCUT2D eigenvalue weighted by Gasteiger charge is -2.40. The molecule has 1 amide bonds. The number of carbonyl (C=O) groups excluding carboxylic acids is 2. The van der Waals surface area contributed by atoms with Crippen LogP contribution >= 0.6 is 0 Å². The van der Waals surface area contributed by atoms with Crippen molar-refractivity contribution in [2.45, 2.75) is 40.2 Å². The van der Waals surface area contributed by atoms with E-state index in [1.165, 1.54) is 0 Å². The number of nitrogens with one attached hydrogen (secondary N) is 1. The first kappa shape index (κ1) is 18.7. The van der Waals surface area contributed by atoms with Gasteiger partial charge in [-0.3, -0.25) is 9.59 Å². The Kier molecular flexibility index (Phi) is 4.11. The van der Waals surface area contributed by atoms with Crippen molar-refractivity contribution in [3.05, 3.63) is 77.4 Å². The average molecular weight is 373 g/mol. The highest BCUT2D eigenvalue weighted by atomic mass is 16.2. The third kappa shape index (κ3) is 2.35. The first-order valence-corrected chi connectivity index (χ1v) is 9.90. The van der Waals surface area contributed by atoms with Gasteiger partial charge in [-0.2, -0.15) is 0 Å². The summed E-state index contributed by atoms with van der Waals surface area (Å²) < 4.78 is 0. The van der Waals surface area contributed by atoms with Gasteiger partial charge in [0.2, 0.25) is 0 Å². The smallest absolute Gasteiger partial charge is 0.251 e. The van der Waals surface area contributed by atoms with Gasteiger partial charge in [0.1, 0.15) is 0 Å². The lowest BCUT2D eigenvalue weighted by atomic mass is 9.64. The molecule has 2 aliphatic carbocycles. The number of amides is 1. The van der Waals surface area contributed by atoms with Gasteiger partial charge in [0.05, 0.1) is 0 Å². The molecule has 0 heterocycles. The van der Waals surface area contributed by atoms with E-state index in [-0.39, 0.29) is 23.1 Å². The summed E-state index contributed by atoms with van der Waals surface area (Å²) in [5.41, 5.74) is 1.32. The monoisotopic (exact) mass is 373 g/mol. The number of rotatable bonds is 3. The standard InChI is InChI=1S/C25H27NO2/c1-23(2)24(3)16-20(26-22(28)18-13-9-6-10-14-18)25(23,4)19(21(24)27)15-17-11-7-5-8-12-17/h5-15,20H,16H2,1-4H3,(H,26,28). The number of ketones is 1. The number of Topliss-reactive ketones (excluding diaryl/α,β-unsaturated/α-hetero) is 1. The van der Waals surface area contributed by atoms with Crippen LogP contribution in [-0.2, 0) is 4.79 Å². The molecule has 2 aliphatic rings. The lowest BCUT2D eigenvalue weighted by Crippen LogP contribution is -2.48. The Morgan fingerprint density at radius 1 is 0.964 bits per heavy atom. The van der Waals surface area contributed by atoms with Gasteiger partial charge in [0, 0.05) is 28.0 Å². The molecule has 2 aromatic carbocycles. The highest BCUT2D eigenvalue weighted by Gasteiger charge is 2.74. The second-order valence-corrected chi connectivity index (χ2v) is 9.05. The molecule has 0 spiro atoms. The minimum atomic E-state index is -0.489. The lowest BCUT2D eigenvalue weighted by molar-refractivity contribution is -0.125. The van der Waals surface area contributed by atoms with Gasteiger partial charge in [0.15, 0.2) is 5.78 Å². The summed E-state index contributed by atoms with van der Waals surface area (Å²) in [6.45, 7) is 8.55. The Balaban J connectivity index is 1.76. The van der Waals surface area contributed by atoms with E-state index in [4.69, 9.17) is 0 Å². The predicted octanol–water partition coefficient (Wildman–Crippen LogP) is 4.89. The number of carbonyl (C=O) groups is 2. The third-order valence-electron chi connectivity index (χ3n) is 7.74. The summed E-state index contributed by atoms with van der Waals surface area (Å²) in [5.74, 6) is 0.138. The number of hydrogen-bond donors (Lipinski definition) is 1. The van der Waals surface area contributed by atoms with Gasteiger partial charge < -0.3 is 5.32 Å². The second-order valence-electron chi connectivity index (χ2n) is 9.05. The summed E-state index contributed by atoms with van der Waals surface area (Å²) in [5, 5.41) is 3.25. The molecule has 28 heavy (non-hydrogen) atoms. The van der Waals surface area contributed by atoms with E-state index < -0.39 is 10.8 Å². The van der Waals surface area contributed by atoms with Crippen LogP contribution in [0.1, 0.15) is 50.0 Å². The van der Waals surface area contributed by atoms with E-state index in [0.717, 1.165) is 11.1 Å². The molecule has 144 valence electrons. The molecule has 0 aliphatic heterocycles. The van der Waals surface area contributed by atoms with Crippen LogP contribution in [0, 0.1) is 16.2 Å². The number of hydrogen-bond acceptors (Lipinski definition) is 2. The molecular weight excluding hydrogens is 346 g/mol. The van der Waals surface area contributed by atoms with Gasteiger partial charge >= 0.3 is 0 Å². The number of benzene rings is 2. The van der Waals surface area contributed by atoms with Crippen molar-refractivity contribution in [2.24, 2.45) is 16.2 Å². The highest BCUT2D eigenvalue weighted by molar-refractivity contribution is 6.09. The van der Waals surface area contributed by atoms with Crippen LogP contribution in [0.15, 0.2) is 66.2 Å². The molecule has 2 bridgehead atoms. The van der Waals surface area contributed by atoms with Crippen LogP contribution in [-0.4, -0.2) is 17.7 Å². The Morgan fingerprint density at radius 3 is 2.11 bits per heavy atom. The molecule has 3 atom stereocenters. The van der Waals surface area contributed by atoms with Crippen molar-refractivity contribution < 1.29 is 9.59 Å². The molecule has 2 fully saturated rings. The zero-order chi connectivity index (χ0) is 20.2. The van der Waals surface area contributed by atoms with Gasteiger partial charge in [-0.05, 0) is 35.6 Å². The molecule has 0 radical (unpaired) electrons. The SMILES string of the molecule is CC12CC(NC(=O)c3ccccc3)C(C)(C(=Cc3ccccc3)C1=O)C2(C)C. The maximum atomic E-state index is 13.4. The molecular formula is C25H27NO2. The Morgan fingerprint density at radius 2 is 1.54 bits per heavy atom. The molecule has 3 nitrogen and oxygen atoms in total. The molecule has 2 aromatic rings. The molecule has 3 heteroatoms. The predicted molar refractivity (Wildman–Crippen MR) is 112 cm³/mol. The zero-order valence-corrected chi connectivity index (χ0v) is 17.0. The van der Waals surface area contributed by atoms with E-state index in [9.17, 15) is 9.59 Å². The van der Waals surface area contributed by atoms with Crippen LogP contribution in [0.25, 0.3) is 6.08 Å². The van der Waals surface area contributed by atoms with E-state index in [1.807, 2.05) is 66.7 Å². The molecule has 4 rings (SSSR count). The van der Waals surface area contributed by atoms with Crippen molar-refractivity contribution in [3.8, 4) is 0 Å². The van der Waals surface area contributed by atoms with Gasteiger partial charge in [0.25, 0.3) is 5.91 Å². The summed E-state index contributed by atoms with van der Waals surface area (Å²) in [6.07, 6.45) is 2.69. The highest BCUT2D eigenvalue weighted by Crippen LogP contribution is 2.72. The largest absolute Gasteiger partial charge is 0.348 e. The van der Waals surface area contributed by atoms with E-state index >= 15 is 0 Å². The van der Waals surface area contributed by atoms with E-state index in [0.29, 0.717) is 12.0 Å². The first-order chi connectivity index (χ1) is 13.2. The first-order valence-electron chi connectivity index (χ1n) is 9.90. The second kappa shape index (κ2) is 6.16. The fraction of sp³-hybridized carbons (Fsp3) is 0.360. The summed E-state index contributed by atoms with van der Waals surface area (Å²) in [4.78, 5) is 26.3.